The number of hydrogen-bond donors (Lipinski definition) is 4. The minimum atomic E-state index is -0.468. The Morgan fingerprint density at radius 3 is 2.69 bits per heavy atom. The molecule has 4 heterocycles. The van der Waals surface area contributed by atoms with Crippen molar-refractivity contribution in [2.75, 3.05) is 25.0 Å². The van der Waals surface area contributed by atoms with Crippen LogP contribution in [0.4, 0.5) is 5.95 Å². The van der Waals surface area contributed by atoms with Gasteiger partial charge in [0.2, 0.25) is 11.9 Å². The SMILES string of the molecule is Cl.O=C([C@@H]1C[C@@H](O)CN1)N1CCC(n2ncc3nc(NCc4ccc(Cl)c(Cl)c4)[nH]c(=O)c32)CC1. The number of benzene rings is 1. The minimum absolute atomic E-state index is 0. The number of aliphatic hydroxyl groups excluding tert-OH is 1. The number of H-pyrrole nitrogens is 1. The van der Waals surface area contributed by atoms with Gasteiger partial charge in [0.1, 0.15) is 5.52 Å². The standard InChI is InChI=1S/C22H25Cl2N7O3.ClH/c23-15-2-1-12(7-16(15)24)9-26-22-28-18-11-27-31(19(18)20(33)29-22)13-3-5-30(6-4-13)21(34)17-8-14(32)10-25-17;/h1-2,7,11,13-14,17,25,32H,3-6,8-10H2,(H2,26,28,29,33);1H/t14-,17+;/m1./s1. The molecule has 13 heteroatoms. The highest BCUT2D eigenvalue weighted by Crippen LogP contribution is 2.26. The number of aromatic amines is 1. The molecule has 0 bridgehead atoms. The molecule has 0 radical (unpaired) electrons. The van der Waals surface area contributed by atoms with Crippen LogP contribution in [0.15, 0.2) is 29.2 Å². The Morgan fingerprint density at radius 2 is 2.00 bits per heavy atom. The molecule has 2 fully saturated rings. The van der Waals surface area contributed by atoms with E-state index in [2.05, 4.69) is 25.7 Å². The topological polar surface area (TPSA) is 128 Å². The van der Waals surface area contributed by atoms with Gasteiger partial charge in [-0.3, -0.25) is 19.3 Å². The van der Waals surface area contributed by atoms with Crippen LogP contribution in [0.3, 0.4) is 0 Å². The first-order valence-electron chi connectivity index (χ1n) is 11.2. The van der Waals surface area contributed by atoms with E-state index in [4.69, 9.17) is 23.2 Å². The number of amides is 1. The first-order valence-corrected chi connectivity index (χ1v) is 12.0. The monoisotopic (exact) mass is 541 g/mol. The zero-order valence-corrected chi connectivity index (χ0v) is 21.0. The molecule has 2 saturated heterocycles. The van der Waals surface area contributed by atoms with Gasteiger partial charge in [0.15, 0.2) is 5.52 Å². The molecule has 2 aliphatic rings. The molecule has 1 aromatic carbocycles. The number of aliphatic hydroxyl groups is 1. The molecule has 1 amide bonds. The molecular formula is C22H26Cl3N7O3. The van der Waals surface area contributed by atoms with Crippen molar-refractivity contribution >= 4 is 58.5 Å². The van der Waals surface area contributed by atoms with E-state index in [0.717, 1.165) is 5.56 Å². The number of nitrogens with zero attached hydrogens (tertiary/aromatic N) is 4. The van der Waals surface area contributed by atoms with Crippen molar-refractivity contribution in [3.63, 3.8) is 0 Å². The molecule has 0 aliphatic carbocycles. The van der Waals surface area contributed by atoms with Crippen LogP contribution >= 0.6 is 35.6 Å². The Labute approximate surface area is 217 Å². The summed E-state index contributed by atoms with van der Waals surface area (Å²) < 4.78 is 1.73. The number of β-amino-alcohol motifs (C(OH)–C–C–N with tert-alkyl or cyclic N) is 1. The van der Waals surface area contributed by atoms with E-state index < -0.39 is 6.10 Å². The highest BCUT2D eigenvalue weighted by Gasteiger charge is 2.34. The van der Waals surface area contributed by atoms with Crippen LogP contribution in [-0.4, -0.2) is 67.4 Å². The van der Waals surface area contributed by atoms with E-state index in [1.807, 2.05) is 11.0 Å². The van der Waals surface area contributed by atoms with E-state index in [0.29, 0.717) is 72.5 Å². The third-order valence-corrected chi connectivity index (χ3v) is 7.17. The average Bonchev–Trinajstić information content (AvgIpc) is 3.46. The minimum Gasteiger partial charge on any atom is -0.392 e. The molecule has 5 rings (SSSR count). The van der Waals surface area contributed by atoms with E-state index in [1.165, 1.54) is 0 Å². The molecule has 3 aromatic rings. The summed E-state index contributed by atoms with van der Waals surface area (Å²) in [7, 11) is 0. The van der Waals surface area contributed by atoms with Gasteiger partial charge in [-0.15, -0.1) is 12.4 Å². The molecule has 2 atom stereocenters. The molecule has 0 spiro atoms. The van der Waals surface area contributed by atoms with Crippen molar-refractivity contribution in [3.05, 3.63) is 50.4 Å². The van der Waals surface area contributed by atoms with Crippen LogP contribution < -0.4 is 16.2 Å². The lowest BCUT2D eigenvalue weighted by Crippen LogP contribution is -2.47. The zero-order chi connectivity index (χ0) is 23.8. The summed E-state index contributed by atoms with van der Waals surface area (Å²) >= 11 is 12.0. The van der Waals surface area contributed by atoms with Gasteiger partial charge in [0, 0.05) is 26.2 Å². The largest absolute Gasteiger partial charge is 0.392 e. The van der Waals surface area contributed by atoms with E-state index in [-0.39, 0.29) is 36.0 Å². The number of hydrogen-bond acceptors (Lipinski definition) is 7. The fourth-order valence-corrected chi connectivity index (χ4v) is 4.94. The lowest BCUT2D eigenvalue weighted by molar-refractivity contribution is -0.134. The summed E-state index contributed by atoms with van der Waals surface area (Å²) in [5.74, 6) is 0.368. The highest BCUT2D eigenvalue weighted by molar-refractivity contribution is 6.42. The summed E-state index contributed by atoms with van der Waals surface area (Å²) in [6.07, 6.45) is 2.95. The lowest BCUT2D eigenvalue weighted by Gasteiger charge is -2.33. The normalized spacial score (nSPS) is 20.7. The van der Waals surface area contributed by atoms with Crippen LogP contribution in [0.1, 0.15) is 30.9 Å². The number of carbonyl (C=O) groups excluding carboxylic acids is 1. The molecule has 2 aromatic heterocycles. The van der Waals surface area contributed by atoms with Crippen LogP contribution in [0.5, 0.6) is 0 Å². The lowest BCUT2D eigenvalue weighted by atomic mass is 10.0. The predicted molar refractivity (Wildman–Crippen MR) is 136 cm³/mol. The van der Waals surface area contributed by atoms with Crippen LogP contribution in [0.25, 0.3) is 11.0 Å². The maximum atomic E-state index is 12.9. The quantitative estimate of drug-likeness (QED) is 0.390. The Balaban J connectivity index is 0.00000289. The summed E-state index contributed by atoms with van der Waals surface area (Å²) in [6, 6.07) is 5.00. The number of aromatic nitrogens is 4. The Morgan fingerprint density at radius 1 is 1.23 bits per heavy atom. The van der Waals surface area contributed by atoms with Crippen molar-refractivity contribution in [1.82, 2.24) is 30.0 Å². The Hall–Kier alpha value is -2.37. The smallest absolute Gasteiger partial charge is 0.278 e. The molecule has 0 saturated carbocycles. The number of halogens is 3. The van der Waals surface area contributed by atoms with Gasteiger partial charge in [-0.1, -0.05) is 29.3 Å². The van der Waals surface area contributed by atoms with Crippen LogP contribution in [0, 0.1) is 0 Å². The van der Waals surface area contributed by atoms with Crippen LogP contribution in [0.2, 0.25) is 10.0 Å². The van der Waals surface area contributed by atoms with E-state index in [1.54, 1.807) is 23.0 Å². The zero-order valence-electron chi connectivity index (χ0n) is 18.7. The van der Waals surface area contributed by atoms with Crippen molar-refractivity contribution < 1.29 is 9.90 Å². The van der Waals surface area contributed by atoms with Gasteiger partial charge in [-0.2, -0.15) is 5.10 Å². The summed E-state index contributed by atoms with van der Waals surface area (Å²) in [5, 5.41) is 21.2. The number of rotatable bonds is 5. The molecule has 2 aliphatic heterocycles. The molecular weight excluding hydrogens is 517 g/mol. The second-order valence-electron chi connectivity index (χ2n) is 8.75. The van der Waals surface area contributed by atoms with Gasteiger partial charge < -0.3 is 20.6 Å². The summed E-state index contributed by atoms with van der Waals surface area (Å²) in [6.45, 7) is 2.02. The van der Waals surface area contributed by atoms with Gasteiger partial charge in [0.25, 0.3) is 5.56 Å². The van der Waals surface area contributed by atoms with Gasteiger partial charge in [-0.05, 0) is 37.0 Å². The van der Waals surface area contributed by atoms with E-state index >= 15 is 0 Å². The summed E-state index contributed by atoms with van der Waals surface area (Å²) in [5.41, 5.74) is 1.55. The van der Waals surface area contributed by atoms with Crippen molar-refractivity contribution in [2.45, 2.75) is 44.0 Å². The predicted octanol–water partition coefficient (Wildman–Crippen LogP) is 2.35. The third-order valence-electron chi connectivity index (χ3n) is 6.43. The number of anilines is 1. The molecule has 4 N–H and O–H groups in total. The molecule has 10 nitrogen and oxygen atoms in total. The maximum Gasteiger partial charge on any atom is 0.278 e. The van der Waals surface area contributed by atoms with E-state index in [9.17, 15) is 14.7 Å². The van der Waals surface area contributed by atoms with Gasteiger partial charge in [0.05, 0.1) is 34.4 Å². The number of likely N-dealkylation sites (tertiary alicyclic amines) is 1. The van der Waals surface area contributed by atoms with Gasteiger partial charge >= 0.3 is 0 Å². The maximum absolute atomic E-state index is 12.9. The second-order valence-corrected chi connectivity index (χ2v) is 9.56. The highest BCUT2D eigenvalue weighted by atomic mass is 35.5. The third kappa shape index (κ3) is 5.41. The fraction of sp³-hybridized carbons (Fsp3) is 0.455. The van der Waals surface area contributed by atoms with Gasteiger partial charge in [-0.25, -0.2) is 4.98 Å². The van der Waals surface area contributed by atoms with Crippen LogP contribution in [-0.2, 0) is 11.3 Å². The molecule has 188 valence electrons. The van der Waals surface area contributed by atoms with Crippen molar-refractivity contribution in [1.29, 1.82) is 0 Å². The fourth-order valence-electron chi connectivity index (χ4n) is 4.62. The number of fused-ring (bicyclic) bond motifs is 1. The second kappa shape index (κ2) is 10.7. The Bertz CT molecular complexity index is 1270. The first-order chi connectivity index (χ1) is 16.4. The Kier molecular flexibility index (Phi) is 7.87. The average molecular weight is 543 g/mol. The number of carbonyl (C=O) groups is 1. The first kappa shape index (κ1) is 25.7. The number of piperidine rings is 1. The number of nitrogens with one attached hydrogen (secondary N) is 3. The van der Waals surface area contributed by atoms with Crippen molar-refractivity contribution in [2.24, 2.45) is 0 Å². The molecule has 0 unspecified atom stereocenters. The molecule has 35 heavy (non-hydrogen) atoms. The summed E-state index contributed by atoms with van der Waals surface area (Å²) in [4.78, 5) is 34.7. The van der Waals surface area contributed by atoms with Crippen molar-refractivity contribution in [3.8, 4) is 0 Å².